The van der Waals surface area contributed by atoms with Crippen molar-refractivity contribution in [2.75, 3.05) is 33.3 Å². The minimum atomic E-state index is -0.207. The highest BCUT2D eigenvalue weighted by molar-refractivity contribution is 6.06. The lowest BCUT2D eigenvalue weighted by molar-refractivity contribution is 0.0697. The van der Waals surface area contributed by atoms with Gasteiger partial charge in [-0.2, -0.15) is 0 Å². The number of rotatable bonds is 6. The van der Waals surface area contributed by atoms with Crippen LogP contribution in [0.25, 0.3) is 10.9 Å². The second kappa shape index (κ2) is 8.47. The van der Waals surface area contributed by atoms with Crippen molar-refractivity contribution in [3.63, 3.8) is 0 Å². The van der Waals surface area contributed by atoms with Crippen LogP contribution in [0.3, 0.4) is 0 Å². The van der Waals surface area contributed by atoms with Gasteiger partial charge in [-0.25, -0.2) is 0 Å². The smallest absolute Gasteiger partial charge is 0.252 e. The zero-order valence-corrected chi connectivity index (χ0v) is 15.5. The van der Waals surface area contributed by atoms with Gasteiger partial charge in [0.2, 0.25) is 0 Å². The minimum absolute atomic E-state index is 0.0793. The standard InChI is InChI=1S/C20H27N3O3/c1-14-11-18(17-7-6-16(26-2)12-19(17)22-14)20(25)21-8-4-10-23-9-3-5-15(24)13-23/h6-7,11-12,15,24H,3-5,8-10,13H2,1-2H3,(H,21,25). The molecule has 1 saturated heterocycles. The van der Waals surface area contributed by atoms with E-state index in [4.69, 9.17) is 4.74 Å². The number of methoxy groups -OCH3 is 1. The second-order valence-electron chi connectivity index (χ2n) is 6.90. The van der Waals surface area contributed by atoms with Crippen molar-refractivity contribution in [3.05, 3.63) is 35.5 Å². The number of piperidine rings is 1. The molecule has 6 heteroatoms. The molecule has 1 atom stereocenters. The van der Waals surface area contributed by atoms with Crippen LogP contribution in [0.15, 0.2) is 24.3 Å². The monoisotopic (exact) mass is 357 g/mol. The minimum Gasteiger partial charge on any atom is -0.497 e. The number of amides is 1. The molecule has 1 fully saturated rings. The summed E-state index contributed by atoms with van der Waals surface area (Å²) in [7, 11) is 1.62. The van der Waals surface area contributed by atoms with Crippen LogP contribution in [-0.2, 0) is 0 Å². The van der Waals surface area contributed by atoms with Crippen LogP contribution in [0, 0.1) is 6.92 Å². The Bertz CT molecular complexity index is 778. The fourth-order valence-corrected chi connectivity index (χ4v) is 3.49. The van der Waals surface area contributed by atoms with Crippen LogP contribution in [-0.4, -0.2) is 60.3 Å². The number of β-amino-alcohol motifs (C(OH)–C–C–N with tert-alkyl or cyclic N) is 1. The molecule has 3 rings (SSSR count). The van der Waals surface area contributed by atoms with E-state index >= 15 is 0 Å². The summed E-state index contributed by atoms with van der Waals surface area (Å²) in [6, 6.07) is 7.40. The normalized spacial score (nSPS) is 18.0. The number of nitrogens with one attached hydrogen (secondary N) is 1. The molecule has 1 unspecified atom stereocenters. The Morgan fingerprint density at radius 3 is 3.04 bits per heavy atom. The molecule has 1 aromatic carbocycles. The Kier molecular flexibility index (Phi) is 6.06. The molecule has 0 radical (unpaired) electrons. The number of ether oxygens (including phenoxy) is 1. The fraction of sp³-hybridized carbons (Fsp3) is 0.500. The molecule has 26 heavy (non-hydrogen) atoms. The lowest BCUT2D eigenvalue weighted by Gasteiger charge is -2.29. The number of aromatic nitrogens is 1. The van der Waals surface area contributed by atoms with E-state index < -0.39 is 0 Å². The van der Waals surface area contributed by atoms with Crippen LogP contribution < -0.4 is 10.1 Å². The number of hydrogen-bond donors (Lipinski definition) is 2. The van der Waals surface area contributed by atoms with Crippen molar-refractivity contribution < 1.29 is 14.6 Å². The molecule has 2 aromatic rings. The number of benzene rings is 1. The molecule has 1 amide bonds. The number of fused-ring (bicyclic) bond motifs is 1. The molecule has 0 spiro atoms. The molecule has 2 N–H and O–H groups in total. The van der Waals surface area contributed by atoms with Crippen LogP contribution in [0.2, 0.25) is 0 Å². The molecule has 6 nitrogen and oxygen atoms in total. The number of aliphatic hydroxyl groups excluding tert-OH is 1. The first kappa shape index (κ1) is 18.6. The van der Waals surface area contributed by atoms with Crippen molar-refractivity contribution >= 4 is 16.8 Å². The number of aliphatic hydroxyl groups is 1. The number of aryl methyl sites for hydroxylation is 1. The SMILES string of the molecule is COc1ccc2c(C(=O)NCCCN3CCCC(O)C3)cc(C)nc2c1. The molecule has 140 valence electrons. The van der Waals surface area contributed by atoms with E-state index in [9.17, 15) is 9.90 Å². The predicted molar refractivity (Wildman–Crippen MR) is 102 cm³/mol. The third-order valence-electron chi connectivity index (χ3n) is 4.81. The van der Waals surface area contributed by atoms with Crippen LogP contribution in [0.1, 0.15) is 35.3 Å². The van der Waals surface area contributed by atoms with E-state index in [2.05, 4.69) is 15.2 Å². The number of nitrogens with zero attached hydrogens (tertiary/aromatic N) is 2. The molecular weight excluding hydrogens is 330 g/mol. The van der Waals surface area contributed by atoms with Gasteiger partial charge in [-0.1, -0.05) is 0 Å². The zero-order chi connectivity index (χ0) is 18.5. The number of pyridine rings is 1. The number of hydrogen-bond acceptors (Lipinski definition) is 5. The average molecular weight is 357 g/mol. The predicted octanol–water partition coefficient (Wildman–Crippen LogP) is 2.13. The molecule has 1 aromatic heterocycles. The van der Waals surface area contributed by atoms with Gasteiger partial charge in [-0.3, -0.25) is 9.78 Å². The molecular formula is C20H27N3O3. The van der Waals surface area contributed by atoms with Gasteiger partial charge < -0.3 is 20.1 Å². The van der Waals surface area contributed by atoms with Gasteiger partial charge in [0.15, 0.2) is 0 Å². The van der Waals surface area contributed by atoms with Gasteiger partial charge in [0.1, 0.15) is 5.75 Å². The van der Waals surface area contributed by atoms with E-state index in [0.29, 0.717) is 12.1 Å². The summed E-state index contributed by atoms with van der Waals surface area (Å²) in [6.07, 6.45) is 2.60. The van der Waals surface area contributed by atoms with E-state index in [0.717, 1.165) is 61.2 Å². The summed E-state index contributed by atoms with van der Waals surface area (Å²) in [5.74, 6) is 0.648. The maximum absolute atomic E-state index is 12.6. The molecule has 1 aliphatic rings. The molecule has 0 bridgehead atoms. The Hall–Kier alpha value is -2.18. The lowest BCUT2D eigenvalue weighted by Crippen LogP contribution is -2.39. The fourth-order valence-electron chi connectivity index (χ4n) is 3.49. The Morgan fingerprint density at radius 1 is 1.42 bits per heavy atom. The Balaban J connectivity index is 1.60. The largest absolute Gasteiger partial charge is 0.497 e. The van der Waals surface area contributed by atoms with Crippen LogP contribution in [0.4, 0.5) is 0 Å². The summed E-state index contributed by atoms with van der Waals surface area (Å²) in [4.78, 5) is 19.4. The number of carbonyl (C=O) groups excluding carboxylic acids is 1. The van der Waals surface area contributed by atoms with Crippen molar-refractivity contribution in [2.24, 2.45) is 0 Å². The highest BCUT2D eigenvalue weighted by Gasteiger charge is 2.17. The third-order valence-corrected chi connectivity index (χ3v) is 4.81. The first-order chi connectivity index (χ1) is 12.6. The average Bonchev–Trinajstić information content (AvgIpc) is 2.63. The van der Waals surface area contributed by atoms with E-state index in [1.165, 1.54) is 0 Å². The van der Waals surface area contributed by atoms with Crippen molar-refractivity contribution in [2.45, 2.75) is 32.3 Å². The van der Waals surface area contributed by atoms with Gasteiger partial charge in [0.05, 0.1) is 24.3 Å². The van der Waals surface area contributed by atoms with Gasteiger partial charge in [-0.15, -0.1) is 0 Å². The second-order valence-corrected chi connectivity index (χ2v) is 6.90. The van der Waals surface area contributed by atoms with E-state index in [-0.39, 0.29) is 12.0 Å². The molecule has 2 heterocycles. The van der Waals surface area contributed by atoms with Crippen molar-refractivity contribution in [1.82, 2.24) is 15.2 Å². The Labute approximate surface area is 154 Å². The molecule has 1 aliphatic heterocycles. The lowest BCUT2D eigenvalue weighted by atomic mass is 10.1. The van der Waals surface area contributed by atoms with Gasteiger partial charge in [-0.05, 0) is 57.5 Å². The summed E-state index contributed by atoms with van der Waals surface area (Å²) in [5, 5.41) is 13.5. The molecule has 0 aliphatic carbocycles. The van der Waals surface area contributed by atoms with E-state index in [1.807, 2.05) is 31.2 Å². The topological polar surface area (TPSA) is 74.7 Å². The van der Waals surface area contributed by atoms with Crippen LogP contribution in [0.5, 0.6) is 5.75 Å². The number of likely N-dealkylation sites (tertiary alicyclic amines) is 1. The first-order valence-corrected chi connectivity index (χ1v) is 9.21. The van der Waals surface area contributed by atoms with Gasteiger partial charge >= 0.3 is 0 Å². The highest BCUT2D eigenvalue weighted by atomic mass is 16.5. The first-order valence-electron chi connectivity index (χ1n) is 9.21. The number of carbonyl (C=O) groups is 1. The summed E-state index contributed by atoms with van der Waals surface area (Å²) >= 11 is 0. The van der Waals surface area contributed by atoms with E-state index in [1.54, 1.807) is 7.11 Å². The maximum Gasteiger partial charge on any atom is 0.252 e. The maximum atomic E-state index is 12.6. The quantitative estimate of drug-likeness (QED) is 0.775. The van der Waals surface area contributed by atoms with Crippen molar-refractivity contribution in [3.8, 4) is 5.75 Å². The Morgan fingerprint density at radius 2 is 2.27 bits per heavy atom. The zero-order valence-electron chi connectivity index (χ0n) is 15.5. The van der Waals surface area contributed by atoms with Crippen molar-refractivity contribution in [1.29, 1.82) is 0 Å². The summed E-state index contributed by atoms with van der Waals surface area (Å²) < 4.78 is 5.24. The van der Waals surface area contributed by atoms with Crippen LogP contribution >= 0.6 is 0 Å². The third kappa shape index (κ3) is 4.51. The summed E-state index contributed by atoms with van der Waals surface area (Å²) in [6.45, 7) is 5.16. The summed E-state index contributed by atoms with van der Waals surface area (Å²) in [5.41, 5.74) is 2.21. The molecule has 0 saturated carbocycles. The highest BCUT2D eigenvalue weighted by Crippen LogP contribution is 2.23. The van der Waals surface area contributed by atoms with Gasteiger partial charge in [0, 0.05) is 30.2 Å². The van der Waals surface area contributed by atoms with Gasteiger partial charge in [0.25, 0.3) is 5.91 Å².